The smallest absolute Gasteiger partial charge is 0.00148 e. The van der Waals surface area contributed by atoms with Gasteiger partial charge in [0, 0.05) is 0 Å². The molecule has 0 radical (unpaired) electrons. The molecule has 1 aromatic carbocycles. The first-order valence-corrected chi connectivity index (χ1v) is 6.08. The van der Waals surface area contributed by atoms with Gasteiger partial charge < -0.3 is 5.32 Å². The average molecular weight is 203 g/mol. The van der Waals surface area contributed by atoms with Crippen LogP contribution >= 0.6 is 0 Å². The van der Waals surface area contributed by atoms with Crippen LogP contribution in [0.5, 0.6) is 0 Å². The van der Waals surface area contributed by atoms with E-state index in [2.05, 4.69) is 43.4 Å². The van der Waals surface area contributed by atoms with E-state index in [9.17, 15) is 0 Å². The number of benzene rings is 1. The topological polar surface area (TPSA) is 12.0 Å². The minimum atomic E-state index is 0.810. The molecule has 0 amide bonds. The van der Waals surface area contributed by atoms with E-state index < -0.39 is 0 Å². The summed E-state index contributed by atoms with van der Waals surface area (Å²) in [6.07, 6.45) is 2.77. The molecule has 1 heteroatoms. The fourth-order valence-electron chi connectivity index (χ4n) is 2.40. The van der Waals surface area contributed by atoms with E-state index in [0.29, 0.717) is 0 Å². The predicted octanol–water partition coefficient (Wildman–Crippen LogP) is 3.10. The second-order valence-corrected chi connectivity index (χ2v) is 4.66. The molecule has 1 nitrogen and oxygen atoms in total. The molecule has 0 spiro atoms. The first-order valence-electron chi connectivity index (χ1n) is 6.08. The van der Waals surface area contributed by atoms with Crippen molar-refractivity contribution in [2.75, 3.05) is 13.1 Å². The zero-order valence-corrected chi connectivity index (χ0v) is 9.79. The minimum absolute atomic E-state index is 0.810. The SMILES string of the molecule is CCNCC1CCC1c1ccc(C)cc1. The number of rotatable bonds is 4. The van der Waals surface area contributed by atoms with Crippen molar-refractivity contribution in [3.63, 3.8) is 0 Å². The summed E-state index contributed by atoms with van der Waals surface area (Å²) < 4.78 is 0. The normalized spacial score (nSPS) is 24.9. The van der Waals surface area contributed by atoms with Gasteiger partial charge in [0.2, 0.25) is 0 Å². The van der Waals surface area contributed by atoms with Gasteiger partial charge in [0.15, 0.2) is 0 Å². The maximum Gasteiger partial charge on any atom is -0.00148 e. The summed E-state index contributed by atoms with van der Waals surface area (Å²) in [7, 11) is 0. The quantitative estimate of drug-likeness (QED) is 0.793. The summed E-state index contributed by atoms with van der Waals surface area (Å²) in [5, 5.41) is 3.46. The van der Waals surface area contributed by atoms with Crippen molar-refractivity contribution < 1.29 is 0 Å². The van der Waals surface area contributed by atoms with Crippen LogP contribution in [0.3, 0.4) is 0 Å². The molecular formula is C14H21N. The molecule has 0 bridgehead atoms. The summed E-state index contributed by atoms with van der Waals surface area (Å²) in [6.45, 7) is 6.62. The molecule has 1 saturated carbocycles. The van der Waals surface area contributed by atoms with Crippen molar-refractivity contribution in [1.29, 1.82) is 0 Å². The molecule has 1 fully saturated rings. The molecule has 82 valence electrons. The lowest BCUT2D eigenvalue weighted by atomic mass is 9.70. The molecule has 0 aliphatic heterocycles. The first-order chi connectivity index (χ1) is 7.31. The second-order valence-electron chi connectivity index (χ2n) is 4.66. The second kappa shape index (κ2) is 4.80. The Morgan fingerprint density at radius 3 is 2.47 bits per heavy atom. The maximum absolute atomic E-state index is 3.46. The van der Waals surface area contributed by atoms with E-state index >= 15 is 0 Å². The molecule has 2 atom stereocenters. The molecule has 2 unspecified atom stereocenters. The number of aryl methyl sites for hydroxylation is 1. The highest BCUT2D eigenvalue weighted by Crippen LogP contribution is 2.41. The third-order valence-corrected chi connectivity index (χ3v) is 3.58. The van der Waals surface area contributed by atoms with Gasteiger partial charge in [-0.1, -0.05) is 36.8 Å². The molecular weight excluding hydrogens is 182 g/mol. The Morgan fingerprint density at radius 2 is 1.93 bits per heavy atom. The van der Waals surface area contributed by atoms with E-state index in [1.54, 1.807) is 0 Å². The van der Waals surface area contributed by atoms with Crippen molar-refractivity contribution >= 4 is 0 Å². The Balaban J connectivity index is 1.96. The van der Waals surface area contributed by atoms with Crippen LogP contribution in [-0.4, -0.2) is 13.1 Å². The van der Waals surface area contributed by atoms with Crippen LogP contribution in [0, 0.1) is 12.8 Å². The summed E-state index contributed by atoms with van der Waals surface area (Å²) in [5.74, 6) is 1.68. The van der Waals surface area contributed by atoms with Gasteiger partial charge >= 0.3 is 0 Å². The van der Waals surface area contributed by atoms with Gasteiger partial charge in [-0.2, -0.15) is 0 Å². The van der Waals surface area contributed by atoms with Crippen molar-refractivity contribution in [3.8, 4) is 0 Å². The lowest BCUT2D eigenvalue weighted by Crippen LogP contribution is -2.33. The highest BCUT2D eigenvalue weighted by Gasteiger charge is 2.31. The van der Waals surface area contributed by atoms with Crippen LogP contribution < -0.4 is 5.32 Å². The van der Waals surface area contributed by atoms with Gasteiger partial charge in [-0.3, -0.25) is 0 Å². The average Bonchev–Trinajstić information content (AvgIpc) is 2.20. The number of hydrogen-bond donors (Lipinski definition) is 1. The zero-order valence-electron chi connectivity index (χ0n) is 9.79. The van der Waals surface area contributed by atoms with E-state index in [1.165, 1.54) is 30.5 Å². The molecule has 1 N–H and O–H groups in total. The third kappa shape index (κ3) is 2.40. The summed E-state index contributed by atoms with van der Waals surface area (Å²) in [6, 6.07) is 9.08. The van der Waals surface area contributed by atoms with Crippen LogP contribution in [0.25, 0.3) is 0 Å². The summed E-state index contributed by atoms with van der Waals surface area (Å²) in [5.41, 5.74) is 2.90. The molecule has 1 aliphatic rings. The fraction of sp³-hybridized carbons (Fsp3) is 0.571. The predicted molar refractivity (Wildman–Crippen MR) is 65.2 cm³/mol. The van der Waals surface area contributed by atoms with Crippen molar-refractivity contribution in [1.82, 2.24) is 5.32 Å². The van der Waals surface area contributed by atoms with Gasteiger partial charge in [0.25, 0.3) is 0 Å². The molecule has 0 saturated heterocycles. The number of hydrogen-bond acceptors (Lipinski definition) is 1. The van der Waals surface area contributed by atoms with E-state index in [1.807, 2.05) is 0 Å². The van der Waals surface area contributed by atoms with Gasteiger partial charge in [-0.05, 0) is 50.3 Å². The Hall–Kier alpha value is -0.820. The Kier molecular flexibility index (Phi) is 3.42. The summed E-state index contributed by atoms with van der Waals surface area (Å²) in [4.78, 5) is 0. The van der Waals surface area contributed by atoms with Crippen LogP contribution in [0.2, 0.25) is 0 Å². The van der Waals surface area contributed by atoms with Crippen molar-refractivity contribution in [3.05, 3.63) is 35.4 Å². The van der Waals surface area contributed by atoms with Crippen LogP contribution in [0.4, 0.5) is 0 Å². The van der Waals surface area contributed by atoms with Crippen LogP contribution in [0.1, 0.15) is 36.8 Å². The zero-order chi connectivity index (χ0) is 10.7. The maximum atomic E-state index is 3.46. The monoisotopic (exact) mass is 203 g/mol. The Bertz CT molecular complexity index is 302. The molecule has 0 aromatic heterocycles. The highest BCUT2D eigenvalue weighted by atomic mass is 14.9. The molecule has 2 rings (SSSR count). The lowest BCUT2D eigenvalue weighted by Gasteiger charge is -2.37. The highest BCUT2D eigenvalue weighted by molar-refractivity contribution is 5.26. The lowest BCUT2D eigenvalue weighted by molar-refractivity contribution is 0.247. The molecule has 0 heterocycles. The van der Waals surface area contributed by atoms with Crippen LogP contribution in [-0.2, 0) is 0 Å². The van der Waals surface area contributed by atoms with Crippen molar-refractivity contribution in [2.24, 2.45) is 5.92 Å². The van der Waals surface area contributed by atoms with E-state index in [0.717, 1.165) is 18.4 Å². The molecule has 15 heavy (non-hydrogen) atoms. The first kappa shape index (κ1) is 10.7. The van der Waals surface area contributed by atoms with Gasteiger partial charge in [0.1, 0.15) is 0 Å². The minimum Gasteiger partial charge on any atom is -0.317 e. The Labute approximate surface area is 92.9 Å². The largest absolute Gasteiger partial charge is 0.317 e. The van der Waals surface area contributed by atoms with Crippen LogP contribution in [0.15, 0.2) is 24.3 Å². The number of nitrogens with one attached hydrogen (secondary N) is 1. The standard InChI is InChI=1S/C14H21N/c1-3-15-10-13-8-9-14(13)12-6-4-11(2)5-7-12/h4-7,13-15H,3,8-10H2,1-2H3. The third-order valence-electron chi connectivity index (χ3n) is 3.58. The summed E-state index contributed by atoms with van der Waals surface area (Å²) >= 11 is 0. The van der Waals surface area contributed by atoms with E-state index in [-0.39, 0.29) is 0 Å². The Morgan fingerprint density at radius 1 is 1.20 bits per heavy atom. The molecule has 1 aliphatic carbocycles. The van der Waals surface area contributed by atoms with Gasteiger partial charge in [0.05, 0.1) is 0 Å². The van der Waals surface area contributed by atoms with E-state index in [4.69, 9.17) is 0 Å². The fourth-order valence-corrected chi connectivity index (χ4v) is 2.40. The molecule has 1 aromatic rings. The van der Waals surface area contributed by atoms with Gasteiger partial charge in [-0.15, -0.1) is 0 Å². The van der Waals surface area contributed by atoms with Crippen molar-refractivity contribution in [2.45, 2.75) is 32.6 Å². The van der Waals surface area contributed by atoms with Gasteiger partial charge in [-0.25, -0.2) is 0 Å².